The number of benzene rings is 1. The highest BCUT2D eigenvalue weighted by Gasteiger charge is 2.23. The third kappa shape index (κ3) is 7.56. The van der Waals surface area contributed by atoms with Gasteiger partial charge in [0.2, 0.25) is 11.8 Å². The van der Waals surface area contributed by atoms with E-state index in [0.29, 0.717) is 11.4 Å². The molecule has 1 aliphatic rings. The number of ether oxygens (including phenoxy) is 1. The minimum atomic E-state index is -0.959. The molecule has 0 heterocycles. The highest BCUT2D eigenvalue weighted by atomic mass is 16.5. The second-order valence-corrected chi connectivity index (χ2v) is 7.41. The highest BCUT2D eigenvalue weighted by molar-refractivity contribution is 5.98. The van der Waals surface area contributed by atoms with Crippen molar-refractivity contribution in [2.75, 3.05) is 10.6 Å². The van der Waals surface area contributed by atoms with Gasteiger partial charge < -0.3 is 20.7 Å². The number of esters is 1. The maximum absolute atomic E-state index is 12.6. The van der Waals surface area contributed by atoms with Gasteiger partial charge in [-0.3, -0.25) is 14.4 Å². The Hall–Kier alpha value is -2.90. The second kappa shape index (κ2) is 10.6. The number of carbonyl (C=O) groups is 4. The molecule has 1 unspecified atom stereocenters. The average Bonchev–Trinajstić information content (AvgIpc) is 2.88. The van der Waals surface area contributed by atoms with Crippen LogP contribution in [0.3, 0.4) is 0 Å². The summed E-state index contributed by atoms with van der Waals surface area (Å²) < 4.78 is 5.31. The van der Waals surface area contributed by atoms with Gasteiger partial charge in [0.1, 0.15) is 0 Å². The van der Waals surface area contributed by atoms with Gasteiger partial charge in [0.25, 0.3) is 5.91 Å². The van der Waals surface area contributed by atoms with E-state index in [1.54, 1.807) is 0 Å². The molecule has 8 nitrogen and oxygen atoms in total. The molecule has 158 valence electrons. The van der Waals surface area contributed by atoms with Crippen LogP contribution in [0.25, 0.3) is 0 Å². The van der Waals surface area contributed by atoms with E-state index in [4.69, 9.17) is 4.74 Å². The van der Waals surface area contributed by atoms with Crippen LogP contribution in [0.2, 0.25) is 0 Å². The zero-order chi connectivity index (χ0) is 21.4. The first-order chi connectivity index (χ1) is 13.7. The molecule has 1 aromatic rings. The van der Waals surface area contributed by atoms with Crippen molar-refractivity contribution < 1.29 is 23.9 Å². The summed E-state index contributed by atoms with van der Waals surface area (Å²) in [5.74, 6) is -1.68. The van der Waals surface area contributed by atoms with Crippen molar-refractivity contribution in [1.29, 1.82) is 0 Å². The molecule has 2 rings (SSSR count). The van der Waals surface area contributed by atoms with Gasteiger partial charge in [-0.25, -0.2) is 4.79 Å². The van der Waals surface area contributed by atoms with Gasteiger partial charge in [-0.15, -0.1) is 0 Å². The van der Waals surface area contributed by atoms with Crippen molar-refractivity contribution >= 4 is 35.1 Å². The maximum atomic E-state index is 12.6. The Morgan fingerprint density at radius 1 is 0.897 bits per heavy atom. The molecule has 29 heavy (non-hydrogen) atoms. The number of nitrogens with one attached hydrogen (secondary N) is 3. The number of hydrogen-bond donors (Lipinski definition) is 3. The molecule has 1 aromatic carbocycles. The first kappa shape index (κ1) is 22.4. The van der Waals surface area contributed by atoms with E-state index in [1.165, 1.54) is 51.8 Å². The van der Waals surface area contributed by atoms with Gasteiger partial charge >= 0.3 is 5.97 Å². The summed E-state index contributed by atoms with van der Waals surface area (Å²) in [6.45, 7) is 4.20. The van der Waals surface area contributed by atoms with Crippen molar-refractivity contribution in [3.05, 3.63) is 23.8 Å². The number of amides is 3. The molecule has 0 spiro atoms. The van der Waals surface area contributed by atoms with Crippen LogP contribution in [0.5, 0.6) is 0 Å². The molecule has 1 atom stereocenters. The number of carbonyl (C=O) groups excluding carboxylic acids is 4. The molecule has 1 aliphatic carbocycles. The Morgan fingerprint density at radius 2 is 1.41 bits per heavy atom. The van der Waals surface area contributed by atoms with Crippen LogP contribution in [0.15, 0.2) is 18.2 Å². The Labute approximate surface area is 170 Å². The Bertz CT molecular complexity index is 735. The summed E-state index contributed by atoms with van der Waals surface area (Å²) in [5, 5.41) is 8.11. The third-order valence-electron chi connectivity index (χ3n) is 4.66. The predicted octanol–water partition coefficient (Wildman–Crippen LogP) is 2.99. The van der Waals surface area contributed by atoms with E-state index in [2.05, 4.69) is 16.0 Å². The van der Waals surface area contributed by atoms with Crippen molar-refractivity contribution in [1.82, 2.24) is 5.32 Å². The van der Waals surface area contributed by atoms with Crippen molar-refractivity contribution in [2.24, 2.45) is 0 Å². The molecule has 3 amide bonds. The Morgan fingerprint density at radius 3 is 1.90 bits per heavy atom. The lowest BCUT2D eigenvalue weighted by Crippen LogP contribution is -2.41. The summed E-state index contributed by atoms with van der Waals surface area (Å²) in [6.07, 6.45) is 5.44. The molecular formula is C21H29N3O5. The summed E-state index contributed by atoms with van der Waals surface area (Å²) in [4.78, 5) is 47.6. The first-order valence-electron chi connectivity index (χ1n) is 9.96. The molecule has 0 bridgehead atoms. The van der Waals surface area contributed by atoms with Gasteiger partial charge in [-0.2, -0.15) is 0 Å². The van der Waals surface area contributed by atoms with Crippen molar-refractivity contribution in [3.63, 3.8) is 0 Å². The number of anilines is 2. The van der Waals surface area contributed by atoms with Gasteiger partial charge in [-0.1, -0.05) is 25.7 Å². The standard InChI is InChI=1S/C21H29N3O5/c1-13(20(27)24-17-8-6-4-5-7-9-17)29-21(28)16-10-18(22-14(2)25)12-19(11-16)23-15(3)26/h10-13,17H,4-9H2,1-3H3,(H,22,25)(H,23,26)(H,24,27). The molecule has 8 heteroatoms. The fourth-order valence-electron chi connectivity index (χ4n) is 3.32. The molecule has 0 aromatic heterocycles. The van der Waals surface area contributed by atoms with Gasteiger partial charge in [0.05, 0.1) is 5.56 Å². The molecular weight excluding hydrogens is 374 g/mol. The van der Waals surface area contributed by atoms with Crippen molar-refractivity contribution in [2.45, 2.75) is 71.4 Å². The van der Waals surface area contributed by atoms with Crippen LogP contribution in [0, 0.1) is 0 Å². The van der Waals surface area contributed by atoms with Crippen LogP contribution >= 0.6 is 0 Å². The maximum Gasteiger partial charge on any atom is 0.339 e. The van der Waals surface area contributed by atoms with Crippen molar-refractivity contribution in [3.8, 4) is 0 Å². The van der Waals surface area contributed by atoms with E-state index in [-0.39, 0.29) is 29.3 Å². The summed E-state index contributed by atoms with van der Waals surface area (Å²) in [6, 6.07) is 4.51. The molecule has 3 N–H and O–H groups in total. The third-order valence-corrected chi connectivity index (χ3v) is 4.66. The van der Waals surface area contributed by atoms with Crippen LogP contribution in [-0.2, 0) is 19.1 Å². The average molecular weight is 403 g/mol. The molecule has 1 saturated carbocycles. The monoisotopic (exact) mass is 403 g/mol. The van der Waals surface area contributed by atoms with E-state index in [9.17, 15) is 19.2 Å². The zero-order valence-corrected chi connectivity index (χ0v) is 17.2. The smallest absolute Gasteiger partial charge is 0.339 e. The largest absolute Gasteiger partial charge is 0.449 e. The Balaban J connectivity index is 2.06. The predicted molar refractivity (Wildman–Crippen MR) is 110 cm³/mol. The van der Waals surface area contributed by atoms with E-state index >= 15 is 0 Å². The minimum Gasteiger partial charge on any atom is -0.449 e. The lowest BCUT2D eigenvalue weighted by molar-refractivity contribution is -0.130. The normalized spacial score (nSPS) is 15.6. The second-order valence-electron chi connectivity index (χ2n) is 7.41. The van der Waals surface area contributed by atoms with E-state index < -0.39 is 12.1 Å². The topological polar surface area (TPSA) is 114 Å². The first-order valence-corrected chi connectivity index (χ1v) is 9.96. The van der Waals surface area contributed by atoms with E-state index in [1.807, 2.05) is 0 Å². The summed E-state index contributed by atoms with van der Waals surface area (Å²) >= 11 is 0. The molecule has 0 aliphatic heterocycles. The fraction of sp³-hybridized carbons (Fsp3) is 0.524. The number of hydrogen-bond acceptors (Lipinski definition) is 5. The summed E-state index contributed by atoms with van der Waals surface area (Å²) in [5.41, 5.74) is 0.798. The minimum absolute atomic E-state index is 0.112. The Kier molecular flexibility index (Phi) is 8.18. The fourth-order valence-corrected chi connectivity index (χ4v) is 3.32. The van der Waals surface area contributed by atoms with Crippen LogP contribution in [0.1, 0.15) is 69.7 Å². The van der Waals surface area contributed by atoms with Gasteiger partial charge in [0.15, 0.2) is 6.10 Å². The zero-order valence-electron chi connectivity index (χ0n) is 17.2. The quantitative estimate of drug-likeness (QED) is 0.499. The van der Waals surface area contributed by atoms with Crippen LogP contribution < -0.4 is 16.0 Å². The van der Waals surface area contributed by atoms with Gasteiger partial charge in [0, 0.05) is 31.3 Å². The molecule has 0 saturated heterocycles. The number of rotatable bonds is 6. The van der Waals surface area contributed by atoms with Crippen LogP contribution in [-0.4, -0.2) is 35.8 Å². The van der Waals surface area contributed by atoms with Gasteiger partial charge in [-0.05, 0) is 38.0 Å². The molecule has 1 fully saturated rings. The molecule has 0 radical (unpaired) electrons. The van der Waals surface area contributed by atoms with Crippen LogP contribution in [0.4, 0.5) is 11.4 Å². The lowest BCUT2D eigenvalue weighted by atomic mass is 10.1. The highest BCUT2D eigenvalue weighted by Crippen LogP contribution is 2.21. The van der Waals surface area contributed by atoms with E-state index in [0.717, 1.165) is 25.7 Å². The lowest BCUT2D eigenvalue weighted by Gasteiger charge is -2.20. The SMILES string of the molecule is CC(=O)Nc1cc(NC(C)=O)cc(C(=O)OC(C)C(=O)NC2CCCCCC2)c1. The summed E-state index contributed by atoms with van der Waals surface area (Å²) in [7, 11) is 0.